The van der Waals surface area contributed by atoms with Crippen LogP contribution in [0.3, 0.4) is 0 Å². The van der Waals surface area contributed by atoms with Gasteiger partial charge in [-0.05, 0) is 26.3 Å². The van der Waals surface area contributed by atoms with E-state index in [1.807, 2.05) is 0 Å². The average Bonchev–Trinajstić information content (AvgIpc) is 2.74. The predicted molar refractivity (Wildman–Crippen MR) is 106 cm³/mol. The summed E-state index contributed by atoms with van der Waals surface area (Å²) in [5.41, 5.74) is 2.48. The number of carboxylic acids is 1. The topological polar surface area (TPSA) is 220 Å². The highest BCUT2D eigenvalue weighted by Gasteiger charge is 2.48. The number of amides is 4. The summed E-state index contributed by atoms with van der Waals surface area (Å²) in [4.78, 5) is 70.3. The molecular formula is C18H21N5O9. The van der Waals surface area contributed by atoms with Gasteiger partial charge in [0.05, 0.1) is 10.6 Å². The van der Waals surface area contributed by atoms with Gasteiger partial charge in [0.1, 0.15) is 17.8 Å². The summed E-state index contributed by atoms with van der Waals surface area (Å²) in [5.74, 6) is -5.56. The first-order chi connectivity index (χ1) is 15.3. The van der Waals surface area contributed by atoms with Gasteiger partial charge in [-0.3, -0.25) is 34.1 Å². The zero-order valence-corrected chi connectivity index (χ0v) is 17.0. The summed E-state index contributed by atoms with van der Waals surface area (Å²) in [6.07, 6.45) is -0.767. The molecule has 0 radical (unpaired) electrons. The summed E-state index contributed by atoms with van der Waals surface area (Å²) in [6.45, 7) is 2.19. The molecule has 14 heteroatoms. The van der Waals surface area contributed by atoms with E-state index in [1.54, 1.807) is 0 Å². The fraction of sp³-hybridized carbons (Fsp3) is 0.389. The van der Waals surface area contributed by atoms with Crippen molar-refractivity contribution in [1.82, 2.24) is 10.6 Å². The lowest BCUT2D eigenvalue weighted by atomic mass is 10.0. The van der Waals surface area contributed by atoms with E-state index in [2.05, 4.69) is 10.6 Å². The zero-order chi connectivity index (χ0) is 25.1. The van der Waals surface area contributed by atoms with Crippen LogP contribution in [0.5, 0.6) is 5.75 Å². The highest BCUT2D eigenvalue weighted by molar-refractivity contribution is 6.16. The molecule has 1 aromatic carbocycles. The van der Waals surface area contributed by atoms with Crippen LogP contribution in [0.15, 0.2) is 18.2 Å². The Labute approximate surface area is 182 Å². The van der Waals surface area contributed by atoms with Gasteiger partial charge in [-0.25, -0.2) is 0 Å². The van der Waals surface area contributed by atoms with Crippen molar-refractivity contribution in [2.45, 2.75) is 44.4 Å². The number of fused-ring (bicyclic) bond motifs is 1. The first-order valence-corrected chi connectivity index (χ1v) is 9.20. The lowest BCUT2D eigenvalue weighted by molar-refractivity contribution is -0.384. The second-order valence-corrected chi connectivity index (χ2v) is 7.03. The number of aliphatic carboxylic acids is 1. The van der Waals surface area contributed by atoms with Gasteiger partial charge in [0.2, 0.25) is 11.8 Å². The maximum Gasteiger partial charge on any atom is 0.303 e. The molecule has 3 atom stereocenters. The van der Waals surface area contributed by atoms with Crippen molar-refractivity contribution in [3.05, 3.63) is 28.3 Å². The van der Waals surface area contributed by atoms with Gasteiger partial charge < -0.3 is 31.5 Å². The first kappa shape index (κ1) is 22.5. The van der Waals surface area contributed by atoms with E-state index in [-0.39, 0.29) is 28.9 Å². The third-order valence-electron chi connectivity index (χ3n) is 4.57. The number of non-ortho nitro benzene ring substituents is 1. The maximum absolute atomic E-state index is 12.9. The Balaban J connectivity index is 2.17. The van der Waals surface area contributed by atoms with E-state index < -0.39 is 58.6 Å². The summed E-state index contributed by atoms with van der Waals surface area (Å²) < 4.78 is 13.5. The smallest absolute Gasteiger partial charge is 0.303 e. The number of hydrogen-bond donors (Lipinski definition) is 5. The second kappa shape index (κ2) is 9.28. The molecule has 0 saturated carbocycles. The van der Waals surface area contributed by atoms with Crippen LogP contribution in [-0.2, 0) is 24.0 Å². The van der Waals surface area contributed by atoms with Crippen molar-refractivity contribution < 1.29 is 40.2 Å². The van der Waals surface area contributed by atoms with E-state index in [0.717, 1.165) is 26.0 Å². The maximum atomic E-state index is 12.9. The number of ether oxygens (including phenoxy) is 1. The van der Waals surface area contributed by atoms with E-state index >= 15 is 0 Å². The number of benzene rings is 1. The van der Waals surface area contributed by atoms with Crippen LogP contribution in [0.2, 0.25) is 1.41 Å². The van der Waals surface area contributed by atoms with Gasteiger partial charge in [0.15, 0.2) is 1.41 Å². The van der Waals surface area contributed by atoms with Crippen molar-refractivity contribution >= 4 is 41.0 Å². The number of carbonyl (C=O) groups excluding carboxylic acids is 4. The summed E-state index contributed by atoms with van der Waals surface area (Å²) >= 11 is 0. The number of hydrogen-bond acceptors (Lipinski definition) is 8. The van der Waals surface area contributed by atoms with Crippen molar-refractivity contribution in [2.75, 3.05) is 5.32 Å². The Bertz CT molecular complexity index is 1030. The SMILES string of the molecule is [2H]N(C(=O)C1(C)Oc2ccc([N+](=O)[O-])cc2NC1=O)[C@@H](C)C(=O)N[C@@H](CCC(=O)O)C(N)=O. The van der Waals surface area contributed by atoms with Crippen LogP contribution < -0.4 is 26.4 Å². The van der Waals surface area contributed by atoms with Gasteiger partial charge >= 0.3 is 5.97 Å². The highest BCUT2D eigenvalue weighted by atomic mass is 16.6. The Hall–Kier alpha value is -4.23. The zero-order valence-electron chi connectivity index (χ0n) is 18.0. The largest absolute Gasteiger partial charge is 0.481 e. The van der Waals surface area contributed by atoms with Crippen molar-refractivity contribution in [2.24, 2.45) is 5.73 Å². The quantitative estimate of drug-likeness (QED) is 0.176. The number of nitrogens with zero attached hydrogens (tertiary/aromatic N) is 1. The molecular weight excluding hydrogens is 430 g/mol. The number of nitro groups is 1. The van der Waals surface area contributed by atoms with Gasteiger partial charge in [-0.1, -0.05) is 0 Å². The number of nitrogens with one attached hydrogen (secondary N) is 3. The Morgan fingerprint density at radius 1 is 1.41 bits per heavy atom. The minimum Gasteiger partial charge on any atom is -0.481 e. The molecule has 1 aromatic rings. The summed E-state index contributed by atoms with van der Waals surface area (Å²) in [5, 5.41) is 24.3. The summed E-state index contributed by atoms with van der Waals surface area (Å²) in [6, 6.07) is 0.412. The molecule has 0 aliphatic carbocycles. The van der Waals surface area contributed by atoms with E-state index in [4.69, 9.17) is 17.0 Å². The molecule has 32 heavy (non-hydrogen) atoms. The van der Waals surface area contributed by atoms with Gasteiger partial charge in [-0.15, -0.1) is 0 Å². The van der Waals surface area contributed by atoms with Gasteiger partial charge in [-0.2, -0.15) is 0 Å². The molecule has 0 spiro atoms. The molecule has 6 N–H and O–H groups in total. The standard InChI is InChI=1S/C18H21N5O9/c1-8(15(27)21-10(14(19)26)4-6-13(24)25)20-16(28)18(2)17(29)22-11-7-9(23(30)31)3-5-12(11)32-18/h3,5,7-8,10H,4,6H2,1-2H3,(H2,19,26)(H,20,28)(H,21,27)(H,22,29)(H,24,25)/t8-,10-,18?/m0/s1/i/hD. The van der Waals surface area contributed by atoms with Crippen molar-refractivity contribution in [3.8, 4) is 5.75 Å². The number of anilines is 1. The fourth-order valence-corrected chi connectivity index (χ4v) is 2.67. The van der Waals surface area contributed by atoms with Crippen LogP contribution in [0.1, 0.15) is 26.7 Å². The molecule has 1 aliphatic heterocycles. The monoisotopic (exact) mass is 452 g/mol. The Kier molecular flexibility index (Phi) is 6.51. The average molecular weight is 452 g/mol. The fourth-order valence-electron chi connectivity index (χ4n) is 2.67. The number of nitrogens with two attached hydrogens (primary N) is 1. The normalized spacial score (nSPS) is 19.2. The van der Waals surface area contributed by atoms with E-state index in [9.17, 15) is 34.1 Å². The minimum atomic E-state index is -2.29. The molecule has 0 aromatic heterocycles. The second-order valence-electron chi connectivity index (χ2n) is 7.03. The van der Waals surface area contributed by atoms with Crippen molar-refractivity contribution in [3.63, 3.8) is 0 Å². The lowest BCUT2D eigenvalue weighted by Crippen LogP contribution is -2.62. The third-order valence-corrected chi connectivity index (χ3v) is 4.57. The van der Waals surface area contributed by atoms with E-state index in [0.29, 0.717) is 0 Å². The van der Waals surface area contributed by atoms with Gasteiger partial charge in [0.25, 0.3) is 23.1 Å². The minimum absolute atomic E-state index is 0.0514. The highest BCUT2D eigenvalue weighted by Crippen LogP contribution is 2.36. The number of carboxylic acid groups (broad SMARTS) is 1. The molecule has 172 valence electrons. The molecule has 0 bridgehead atoms. The van der Waals surface area contributed by atoms with Crippen molar-refractivity contribution in [1.29, 1.82) is 0 Å². The van der Waals surface area contributed by atoms with Crippen LogP contribution >= 0.6 is 0 Å². The first-order valence-electron chi connectivity index (χ1n) is 9.65. The van der Waals surface area contributed by atoms with Gasteiger partial charge in [0, 0.05) is 18.6 Å². The molecule has 1 heterocycles. The lowest BCUT2D eigenvalue weighted by Gasteiger charge is -2.33. The van der Waals surface area contributed by atoms with Crippen LogP contribution in [0.4, 0.5) is 11.4 Å². The molecule has 2 rings (SSSR count). The third kappa shape index (κ3) is 5.27. The van der Waals surface area contributed by atoms with Crippen LogP contribution in [0.25, 0.3) is 0 Å². The molecule has 1 aliphatic rings. The Morgan fingerprint density at radius 3 is 2.62 bits per heavy atom. The van der Waals surface area contributed by atoms with Crippen LogP contribution in [0, 0.1) is 10.1 Å². The molecule has 0 saturated heterocycles. The number of primary amides is 1. The molecule has 1 unspecified atom stereocenters. The Morgan fingerprint density at radius 2 is 2.06 bits per heavy atom. The van der Waals surface area contributed by atoms with E-state index in [1.165, 1.54) is 6.07 Å². The van der Waals surface area contributed by atoms with Crippen LogP contribution in [-0.4, -0.2) is 57.3 Å². The molecule has 4 amide bonds. The number of nitro benzene ring substituents is 1. The predicted octanol–water partition coefficient (Wildman–Crippen LogP) is -0.976. The summed E-state index contributed by atoms with van der Waals surface area (Å²) in [7, 11) is 0. The number of carbonyl (C=O) groups is 5. The number of rotatable bonds is 9. The molecule has 14 nitrogen and oxygen atoms in total. The molecule has 0 fully saturated rings.